The summed E-state index contributed by atoms with van der Waals surface area (Å²) in [5.74, 6) is -0.552. The molecule has 4 nitrogen and oxygen atoms in total. The van der Waals surface area contributed by atoms with E-state index in [9.17, 15) is 9.18 Å². The average molecular weight is 477 g/mol. The van der Waals surface area contributed by atoms with E-state index in [4.69, 9.17) is 4.74 Å². The van der Waals surface area contributed by atoms with E-state index in [1.807, 2.05) is 12.1 Å². The molecule has 0 spiro atoms. The summed E-state index contributed by atoms with van der Waals surface area (Å²) < 4.78 is 20.1. The highest BCUT2D eigenvalue weighted by atomic mass is 19.1. The monoisotopic (exact) mass is 476 g/mol. The standard InChI is InChI=1S/C30H37FN2O2/c1-3-5-7-8-9-10-11-13-24-21-32-29(33-22-24)27-19-18-26(20-28(27)31)35-30(34)25-16-14-23(15-17-25)12-6-4-2/h14-22H,3-13H2,1-2H3. The fourth-order valence-electron chi connectivity index (χ4n) is 4.00. The number of esters is 1. The first kappa shape index (κ1) is 26.5. The summed E-state index contributed by atoms with van der Waals surface area (Å²) >= 11 is 0. The SMILES string of the molecule is CCCCCCCCCc1cnc(-c2ccc(OC(=O)c3ccc(CCCC)cc3)cc2F)nc1. The first-order valence-corrected chi connectivity index (χ1v) is 13.0. The molecule has 0 atom stereocenters. The van der Waals surface area contributed by atoms with E-state index in [0.717, 1.165) is 37.7 Å². The van der Waals surface area contributed by atoms with E-state index < -0.39 is 11.8 Å². The molecule has 0 saturated heterocycles. The Morgan fingerprint density at radius 2 is 1.40 bits per heavy atom. The van der Waals surface area contributed by atoms with Crippen LogP contribution in [0.15, 0.2) is 54.9 Å². The third-order valence-electron chi connectivity index (χ3n) is 6.17. The topological polar surface area (TPSA) is 52.1 Å². The van der Waals surface area contributed by atoms with Gasteiger partial charge in [0.05, 0.1) is 11.1 Å². The third-order valence-corrected chi connectivity index (χ3v) is 6.17. The molecule has 0 unspecified atom stereocenters. The van der Waals surface area contributed by atoms with Crippen molar-refractivity contribution in [2.24, 2.45) is 0 Å². The number of nitrogens with zero attached hydrogens (tertiary/aromatic N) is 2. The first-order chi connectivity index (χ1) is 17.1. The Kier molecular flexibility index (Phi) is 10.9. The van der Waals surface area contributed by atoms with Gasteiger partial charge in [0, 0.05) is 18.5 Å². The van der Waals surface area contributed by atoms with Crippen molar-refractivity contribution in [2.75, 3.05) is 0 Å². The van der Waals surface area contributed by atoms with Crippen LogP contribution < -0.4 is 4.74 Å². The predicted octanol–water partition coefficient (Wildman–Crippen LogP) is 8.14. The molecule has 186 valence electrons. The number of hydrogen-bond acceptors (Lipinski definition) is 4. The summed E-state index contributed by atoms with van der Waals surface area (Å²) in [4.78, 5) is 21.2. The van der Waals surface area contributed by atoms with Crippen LogP contribution in [0.5, 0.6) is 5.75 Å². The quantitative estimate of drug-likeness (QED) is 0.134. The summed E-state index contributed by atoms with van der Waals surface area (Å²) in [5, 5.41) is 0. The molecule has 3 aromatic rings. The number of carbonyl (C=O) groups excluding carboxylic acids is 1. The maximum atomic E-state index is 14.8. The fourth-order valence-corrected chi connectivity index (χ4v) is 4.00. The Balaban J connectivity index is 1.52. The Hall–Kier alpha value is -3.08. The van der Waals surface area contributed by atoms with Gasteiger partial charge in [-0.15, -0.1) is 0 Å². The highest BCUT2D eigenvalue weighted by Gasteiger charge is 2.13. The lowest BCUT2D eigenvalue weighted by molar-refractivity contribution is 0.0734. The first-order valence-electron chi connectivity index (χ1n) is 13.0. The van der Waals surface area contributed by atoms with Gasteiger partial charge in [0.1, 0.15) is 11.6 Å². The normalized spacial score (nSPS) is 10.9. The number of benzene rings is 2. The van der Waals surface area contributed by atoms with Gasteiger partial charge < -0.3 is 4.74 Å². The van der Waals surface area contributed by atoms with Crippen molar-refractivity contribution < 1.29 is 13.9 Å². The molecular weight excluding hydrogens is 439 g/mol. The molecule has 5 heteroatoms. The molecule has 0 bridgehead atoms. The number of ether oxygens (including phenoxy) is 1. The number of rotatable bonds is 14. The van der Waals surface area contributed by atoms with Crippen LogP contribution in [0, 0.1) is 5.82 Å². The van der Waals surface area contributed by atoms with E-state index in [-0.39, 0.29) is 11.3 Å². The molecule has 2 aromatic carbocycles. The molecule has 0 radical (unpaired) electrons. The number of unbranched alkanes of at least 4 members (excludes halogenated alkanes) is 7. The van der Waals surface area contributed by atoms with Gasteiger partial charge in [0.2, 0.25) is 0 Å². The lowest BCUT2D eigenvalue weighted by Gasteiger charge is -2.08. The Bertz CT molecular complexity index is 1050. The number of hydrogen-bond donors (Lipinski definition) is 0. The van der Waals surface area contributed by atoms with E-state index in [1.54, 1.807) is 36.7 Å². The van der Waals surface area contributed by atoms with Crippen LogP contribution in [-0.2, 0) is 12.8 Å². The maximum Gasteiger partial charge on any atom is 0.343 e. The van der Waals surface area contributed by atoms with E-state index in [0.29, 0.717) is 11.4 Å². The molecule has 1 aromatic heterocycles. The summed E-state index contributed by atoms with van der Waals surface area (Å²) in [6.07, 6.45) is 16.5. The number of halogens is 1. The minimum atomic E-state index is -0.523. The molecule has 0 aliphatic heterocycles. The summed E-state index contributed by atoms with van der Waals surface area (Å²) in [7, 11) is 0. The maximum absolute atomic E-state index is 14.8. The van der Waals surface area contributed by atoms with Gasteiger partial charge in [-0.2, -0.15) is 0 Å². The van der Waals surface area contributed by atoms with Crippen molar-refractivity contribution in [2.45, 2.75) is 84.5 Å². The van der Waals surface area contributed by atoms with Crippen LogP contribution in [0.4, 0.5) is 4.39 Å². The smallest absolute Gasteiger partial charge is 0.343 e. The Morgan fingerprint density at radius 1 is 0.771 bits per heavy atom. The van der Waals surface area contributed by atoms with E-state index in [2.05, 4.69) is 23.8 Å². The second-order valence-corrected chi connectivity index (χ2v) is 9.12. The molecule has 35 heavy (non-hydrogen) atoms. The van der Waals surface area contributed by atoms with Crippen molar-refractivity contribution in [1.82, 2.24) is 9.97 Å². The van der Waals surface area contributed by atoms with Gasteiger partial charge >= 0.3 is 5.97 Å². The van der Waals surface area contributed by atoms with Gasteiger partial charge in [-0.1, -0.05) is 70.9 Å². The zero-order valence-corrected chi connectivity index (χ0v) is 21.1. The lowest BCUT2D eigenvalue weighted by Crippen LogP contribution is -2.08. The molecule has 1 heterocycles. The van der Waals surface area contributed by atoms with Gasteiger partial charge in [-0.25, -0.2) is 19.2 Å². The van der Waals surface area contributed by atoms with Gasteiger partial charge in [0.15, 0.2) is 5.82 Å². The second-order valence-electron chi connectivity index (χ2n) is 9.12. The van der Waals surface area contributed by atoms with Crippen LogP contribution in [0.25, 0.3) is 11.4 Å². The zero-order chi connectivity index (χ0) is 24.9. The van der Waals surface area contributed by atoms with Crippen LogP contribution in [0.1, 0.15) is 93.1 Å². The van der Waals surface area contributed by atoms with Gasteiger partial charge in [0.25, 0.3) is 0 Å². The highest BCUT2D eigenvalue weighted by Crippen LogP contribution is 2.24. The number of carbonyl (C=O) groups is 1. The summed E-state index contributed by atoms with van der Waals surface area (Å²) in [6.45, 7) is 4.38. The van der Waals surface area contributed by atoms with Crippen molar-refractivity contribution in [3.05, 3.63) is 77.4 Å². The zero-order valence-electron chi connectivity index (χ0n) is 21.1. The number of aromatic nitrogens is 2. The fraction of sp³-hybridized carbons (Fsp3) is 0.433. The molecule has 0 amide bonds. The van der Waals surface area contributed by atoms with Gasteiger partial charge in [-0.05, 0) is 61.1 Å². The average Bonchev–Trinajstić information content (AvgIpc) is 2.88. The van der Waals surface area contributed by atoms with Gasteiger partial charge in [-0.3, -0.25) is 0 Å². The van der Waals surface area contributed by atoms with Crippen LogP contribution >= 0.6 is 0 Å². The Labute approximate surface area is 209 Å². The molecule has 0 N–H and O–H groups in total. The lowest BCUT2D eigenvalue weighted by atomic mass is 10.1. The van der Waals surface area contributed by atoms with Crippen molar-refractivity contribution in [1.29, 1.82) is 0 Å². The van der Waals surface area contributed by atoms with Crippen LogP contribution in [-0.4, -0.2) is 15.9 Å². The Morgan fingerprint density at radius 3 is 2.06 bits per heavy atom. The molecule has 3 rings (SSSR count). The predicted molar refractivity (Wildman–Crippen MR) is 139 cm³/mol. The molecule has 0 aliphatic rings. The minimum Gasteiger partial charge on any atom is -0.423 e. The summed E-state index contributed by atoms with van der Waals surface area (Å²) in [5.41, 5.74) is 2.98. The molecule has 0 fully saturated rings. The van der Waals surface area contributed by atoms with Crippen LogP contribution in [0.2, 0.25) is 0 Å². The minimum absolute atomic E-state index is 0.155. The van der Waals surface area contributed by atoms with Crippen LogP contribution in [0.3, 0.4) is 0 Å². The van der Waals surface area contributed by atoms with E-state index in [1.165, 1.54) is 50.2 Å². The van der Waals surface area contributed by atoms with E-state index >= 15 is 0 Å². The molecule has 0 saturated carbocycles. The summed E-state index contributed by atoms with van der Waals surface area (Å²) in [6, 6.07) is 11.7. The largest absolute Gasteiger partial charge is 0.423 e. The molecule has 0 aliphatic carbocycles. The number of aryl methyl sites for hydroxylation is 2. The third kappa shape index (κ3) is 8.57. The van der Waals surface area contributed by atoms with Crippen molar-refractivity contribution >= 4 is 5.97 Å². The molecular formula is C30H37FN2O2. The highest BCUT2D eigenvalue weighted by molar-refractivity contribution is 5.91. The van der Waals surface area contributed by atoms with Crippen molar-refractivity contribution in [3.8, 4) is 17.1 Å². The second kappa shape index (κ2) is 14.3. The van der Waals surface area contributed by atoms with Crippen molar-refractivity contribution in [3.63, 3.8) is 0 Å².